The molecule has 2 aromatic rings. The van der Waals surface area contributed by atoms with E-state index in [9.17, 15) is 4.39 Å². The van der Waals surface area contributed by atoms with Crippen LogP contribution in [0.2, 0.25) is 5.02 Å². The van der Waals surface area contributed by atoms with E-state index in [-0.39, 0.29) is 5.82 Å². The molecule has 0 spiro atoms. The summed E-state index contributed by atoms with van der Waals surface area (Å²) in [6, 6.07) is 12.0. The Morgan fingerprint density at radius 2 is 1.94 bits per heavy atom. The molecule has 94 valence electrons. The fourth-order valence-electron chi connectivity index (χ4n) is 1.73. The number of hydrogen-bond donors (Lipinski definition) is 2. The Morgan fingerprint density at radius 3 is 2.72 bits per heavy atom. The van der Waals surface area contributed by atoms with Gasteiger partial charge in [0.2, 0.25) is 0 Å². The number of benzene rings is 2. The van der Waals surface area contributed by atoms with Crippen LogP contribution < -0.4 is 11.1 Å². The monoisotopic (exact) mass is 264 g/mol. The molecule has 0 bridgehead atoms. The minimum atomic E-state index is -0.213. The Kier molecular flexibility index (Phi) is 4.05. The van der Waals surface area contributed by atoms with Crippen molar-refractivity contribution >= 4 is 23.0 Å². The van der Waals surface area contributed by atoms with Crippen molar-refractivity contribution in [3.63, 3.8) is 0 Å². The molecular weight excluding hydrogens is 251 g/mol. The van der Waals surface area contributed by atoms with Gasteiger partial charge in [0.15, 0.2) is 0 Å². The van der Waals surface area contributed by atoms with Crippen LogP contribution in [0.5, 0.6) is 0 Å². The summed E-state index contributed by atoms with van der Waals surface area (Å²) in [7, 11) is 0. The summed E-state index contributed by atoms with van der Waals surface area (Å²) in [5, 5.41) is 3.72. The number of rotatable bonds is 4. The number of nitrogens with one attached hydrogen (secondary N) is 1. The molecule has 18 heavy (non-hydrogen) atoms. The number of nitrogens with two attached hydrogens (primary N) is 1. The molecule has 0 fully saturated rings. The predicted molar refractivity (Wildman–Crippen MR) is 74.5 cm³/mol. The van der Waals surface area contributed by atoms with Gasteiger partial charge in [0.05, 0.1) is 16.4 Å². The molecular formula is C14H14ClFN2. The van der Waals surface area contributed by atoms with Crippen molar-refractivity contribution in [1.82, 2.24) is 0 Å². The number of para-hydroxylation sites is 1. The largest absolute Gasteiger partial charge is 0.396 e. The topological polar surface area (TPSA) is 38.0 Å². The van der Waals surface area contributed by atoms with Gasteiger partial charge in [0, 0.05) is 6.54 Å². The third kappa shape index (κ3) is 3.14. The molecule has 0 aromatic heterocycles. The number of hydrogen-bond acceptors (Lipinski definition) is 2. The SMILES string of the molecule is Nc1c(Cl)cccc1NCCc1cccc(F)c1. The van der Waals surface area contributed by atoms with Gasteiger partial charge in [-0.15, -0.1) is 0 Å². The van der Waals surface area contributed by atoms with E-state index in [0.717, 1.165) is 17.7 Å². The molecule has 0 aliphatic rings. The molecule has 2 rings (SSSR count). The van der Waals surface area contributed by atoms with Gasteiger partial charge in [-0.1, -0.05) is 29.8 Å². The number of halogens is 2. The third-order valence-corrected chi connectivity index (χ3v) is 3.00. The highest BCUT2D eigenvalue weighted by atomic mass is 35.5. The van der Waals surface area contributed by atoms with Gasteiger partial charge in [-0.25, -0.2) is 4.39 Å². The highest BCUT2D eigenvalue weighted by Gasteiger charge is 2.02. The maximum Gasteiger partial charge on any atom is 0.123 e. The Labute approximate surface area is 111 Å². The van der Waals surface area contributed by atoms with Crippen molar-refractivity contribution in [2.45, 2.75) is 6.42 Å². The highest BCUT2D eigenvalue weighted by Crippen LogP contribution is 2.26. The fraction of sp³-hybridized carbons (Fsp3) is 0.143. The van der Waals surface area contributed by atoms with Gasteiger partial charge in [0.25, 0.3) is 0 Å². The van der Waals surface area contributed by atoms with E-state index < -0.39 is 0 Å². The molecule has 0 radical (unpaired) electrons. The molecule has 2 aromatic carbocycles. The Balaban J connectivity index is 1.94. The van der Waals surface area contributed by atoms with Gasteiger partial charge in [-0.3, -0.25) is 0 Å². The number of nitrogen functional groups attached to an aromatic ring is 1. The Morgan fingerprint density at radius 1 is 1.17 bits per heavy atom. The Hall–Kier alpha value is -1.74. The van der Waals surface area contributed by atoms with Crippen LogP contribution in [0.25, 0.3) is 0 Å². The zero-order valence-electron chi connectivity index (χ0n) is 9.79. The van der Waals surface area contributed by atoms with E-state index in [1.807, 2.05) is 18.2 Å². The molecule has 3 N–H and O–H groups in total. The van der Waals surface area contributed by atoms with Crippen molar-refractivity contribution in [1.29, 1.82) is 0 Å². The maximum atomic E-state index is 13.0. The first-order valence-electron chi connectivity index (χ1n) is 5.69. The third-order valence-electron chi connectivity index (χ3n) is 2.67. The molecule has 0 unspecified atom stereocenters. The van der Waals surface area contributed by atoms with Crippen molar-refractivity contribution in [3.8, 4) is 0 Å². The standard InChI is InChI=1S/C14H14ClFN2/c15-12-5-2-6-13(14(12)17)18-8-7-10-3-1-4-11(16)9-10/h1-6,9,18H,7-8,17H2. The van der Waals surface area contributed by atoms with Gasteiger partial charge in [-0.05, 0) is 36.2 Å². The quantitative estimate of drug-likeness (QED) is 0.826. The van der Waals surface area contributed by atoms with Crippen LogP contribution in [-0.4, -0.2) is 6.54 Å². The summed E-state index contributed by atoms with van der Waals surface area (Å²) in [4.78, 5) is 0. The van der Waals surface area contributed by atoms with E-state index >= 15 is 0 Å². The van der Waals surface area contributed by atoms with Crippen molar-refractivity contribution < 1.29 is 4.39 Å². The first-order valence-corrected chi connectivity index (χ1v) is 6.07. The lowest BCUT2D eigenvalue weighted by Crippen LogP contribution is -2.07. The molecule has 4 heteroatoms. The molecule has 0 amide bonds. The van der Waals surface area contributed by atoms with Crippen molar-refractivity contribution in [2.24, 2.45) is 0 Å². The van der Waals surface area contributed by atoms with E-state index in [2.05, 4.69) is 5.32 Å². The minimum Gasteiger partial charge on any atom is -0.396 e. The van der Waals surface area contributed by atoms with Crippen LogP contribution in [0.1, 0.15) is 5.56 Å². The summed E-state index contributed by atoms with van der Waals surface area (Å²) < 4.78 is 13.0. The lowest BCUT2D eigenvalue weighted by atomic mass is 10.1. The van der Waals surface area contributed by atoms with Gasteiger partial charge in [-0.2, -0.15) is 0 Å². The van der Waals surface area contributed by atoms with E-state index in [4.69, 9.17) is 17.3 Å². The molecule has 2 nitrogen and oxygen atoms in total. The van der Waals surface area contributed by atoms with Gasteiger partial charge >= 0.3 is 0 Å². The number of anilines is 2. The zero-order valence-corrected chi connectivity index (χ0v) is 10.5. The Bertz CT molecular complexity index is 543. The first kappa shape index (κ1) is 12.7. The summed E-state index contributed by atoms with van der Waals surface area (Å²) in [6.07, 6.45) is 0.726. The highest BCUT2D eigenvalue weighted by molar-refractivity contribution is 6.33. The average Bonchev–Trinajstić information content (AvgIpc) is 2.35. The van der Waals surface area contributed by atoms with Crippen LogP contribution in [0.3, 0.4) is 0 Å². The van der Waals surface area contributed by atoms with Crippen LogP contribution in [0.15, 0.2) is 42.5 Å². The first-order chi connectivity index (χ1) is 8.66. The van der Waals surface area contributed by atoms with E-state index in [1.165, 1.54) is 12.1 Å². The zero-order chi connectivity index (χ0) is 13.0. The maximum absolute atomic E-state index is 13.0. The average molecular weight is 265 g/mol. The summed E-state index contributed by atoms with van der Waals surface area (Å²) in [6.45, 7) is 0.675. The second-order valence-corrected chi connectivity index (χ2v) is 4.41. The fourth-order valence-corrected chi connectivity index (χ4v) is 1.90. The molecule has 0 aliphatic heterocycles. The summed E-state index contributed by atoms with van der Waals surface area (Å²) in [5.74, 6) is -0.213. The molecule has 0 heterocycles. The molecule has 0 saturated carbocycles. The second kappa shape index (κ2) is 5.74. The van der Waals surface area contributed by atoms with Crippen LogP contribution >= 0.6 is 11.6 Å². The van der Waals surface area contributed by atoms with Gasteiger partial charge in [0.1, 0.15) is 5.82 Å². The molecule has 0 atom stereocenters. The van der Waals surface area contributed by atoms with Gasteiger partial charge < -0.3 is 11.1 Å². The second-order valence-electron chi connectivity index (χ2n) is 4.01. The van der Waals surface area contributed by atoms with E-state index in [0.29, 0.717) is 17.3 Å². The van der Waals surface area contributed by atoms with Crippen molar-refractivity contribution in [2.75, 3.05) is 17.6 Å². The molecule has 0 saturated heterocycles. The summed E-state index contributed by atoms with van der Waals surface area (Å²) in [5.41, 5.74) is 8.12. The van der Waals surface area contributed by atoms with E-state index in [1.54, 1.807) is 12.1 Å². The summed E-state index contributed by atoms with van der Waals surface area (Å²) >= 11 is 5.92. The predicted octanol–water partition coefficient (Wildman–Crippen LogP) is 3.72. The minimum absolute atomic E-state index is 0.213. The normalized spacial score (nSPS) is 10.3. The smallest absolute Gasteiger partial charge is 0.123 e. The lowest BCUT2D eigenvalue weighted by molar-refractivity contribution is 0.625. The molecule has 0 aliphatic carbocycles. The van der Waals surface area contributed by atoms with Crippen LogP contribution in [0, 0.1) is 5.82 Å². The lowest BCUT2D eigenvalue weighted by Gasteiger charge is -2.10. The van der Waals surface area contributed by atoms with Crippen LogP contribution in [0.4, 0.5) is 15.8 Å². The van der Waals surface area contributed by atoms with Crippen molar-refractivity contribution in [3.05, 3.63) is 58.9 Å². The van der Waals surface area contributed by atoms with Crippen LogP contribution in [-0.2, 0) is 6.42 Å².